The van der Waals surface area contributed by atoms with Crippen molar-refractivity contribution in [2.45, 2.75) is 52.8 Å². The number of thioether (sulfide) groups is 1. The first-order valence-electron chi connectivity index (χ1n) is 7.41. The molecule has 1 atom stereocenters. The second kappa shape index (κ2) is 6.81. The molecule has 1 aliphatic rings. The average molecular weight is 294 g/mol. The number of nitrogens with zero attached hydrogens (tertiary/aromatic N) is 1. The Kier molecular flexibility index (Phi) is 5.33. The molecular formula is C16H26N2OS. The lowest BCUT2D eigenvalue weighted by Crippen LogP contribution is -2.46. The molecule has 1 aromatic heterocycles. The van der Waals surface area contributed by atoms with Crippen molar-refractivity contribution in [3.8, 4) is 5.88 Å². The fourth-order valence-electron chi connectivity index (χ4n) is 2.39. The SMILES string of the molecule is CC(C)Oc1ncccc1CNC1CSCCC1(C)C. The Labute approximate surface area is 126 Å². The zero-order valence-electron chi connectivity index (χ0n) is 13.0. The molecule has 1 N–H and O–H groups in total. The summed E-state index contributed by atoms with van der Waals surface area (Å²) in [6.45, 7) is 9.61. The Morgan fingerprint density at radius 2 is 2.30 bits per heavy atom. The lowest BCUT2D eigenvalue weighted by molar-refractivity contribution is 0.224. The van der Waals surface area contributed by atoms with Crippen LogP contribution < -0.4 is 10.1 Å². The predicted molar refractivity (Wildman–Crippen MR) is 86.4 cm³/mol. The van der Waals surface area contributed by atoms with E-state index in [0.29, 0.717) is 11.5 Å². The maximum absolute atomic E-state index is 5.78. The number of hydrogen-bond donors (Lipinski definition) is 1. The standard InChI is InChI=1S/C16H26N2OS/c1-12(2)19-15-13(6-5-8-17-15)10-18-14-11-20-9-7-16(14,3)4/h5-6,8,12,14,18H,7,9-11H2,1-4H3. The van der Waals surface area contributed by atoms with Crippen LogP contribution in [0.3, 0.4) is 0 Å². The predicted octanol–water partition coefficient (Wildman–Crippen LogP) is 3.49. The van der Waals surface area contributed by atoms with Crippen molar-refractivity contribution in [1.82, 2.24) is 10.3 Å². The van der Waals surface area contributed by atoms with Crippen molar-refractivity contribution in [3.05, 3.63) is 23.9 Å². The van der Waals surface area contributed by atoms with Crippen LogP contribution in [0.1, 0.15) is 39.7 Å². The maximum Gasteiger partial charge on any atom is 0.218 e. The number of hydrogen-bond acceptors (Lipinski definition) is 4. The Hall–Kier alpha value is -0.740. The van der Waals surface area contributed by atoms with Crippen LogP contribution in [0.5, 0.6) is 5.88 Å². The minimum atomic E-state index is 0.158. The van der Waals surface area contributed by atoms with Gasteiger partial charge in [0.15, 0.2) is 0 Å². The van der Waals surface area contributed by atoms with Crippen molar-refractivity contribution in [1.29, 1.82) is 0 Å². The first-order chi connectivity index (χ1) is 9.49. The minimum Gasteiger partial charge on any atom is -0.475 e. The molecule has 2 heterocycles. The van der Waals surface area contributed by atoms with Gasteiger partial charge in [0.1, 0.15) is 0 Å². The van der Waals surface area contributed by atoms with Gasteiger partial charge in [0.2, 0.25) is 5.88 Å². The molecule has 0 bridgehead atoms. The summed E-state index contributed by atoms with van der Waals surface area (Å²) in [6, 6.07) is 4.62. The van der Waals surface area contributed by atoms with Gasteiger partial charge in [-0.15, -0.1) is 0 Å². The summed E-state index contributed by atoms with van der Waals surface area (Å²) in [7, 11) is 0. The van der Waals surface area contributed by atoms with E-state index in [1.54, 1.807) is 6.20 Å². The molecule has 1 aliphatic heterocycles. The monoisotopic (exact) mass is 294 g/mol. The highest BCUT2D eigenvalue weighted by molar-refractivity contribution is 7.99. The molecule has 1 saturated heterocycles. The van der Waals surface area contributed by atoms with Gasteiger partial charge in [-0.05, 0) is 37.5 Å². The van der Waals surface area contributed by atoms with Crippen molar-refractivity contribution in [2.24, 2.45) is 5.41 Å². The van der Waals surface area contributed by atoms with E-state index in [9.17, 15) is 0 Å². The lowest BCUT2D eigenvalue weighted by atomic mass is 9.82. The molecule has 0 saturated carbocycles. The van der Waals surface area contributed by atoms with Gasteiger partial charge in [-0.2, -0.15) is 11.8 Å². The summed E-state index contributed by atoms with van der Waals surface area (Å²) < 4.78 is 5.78. The first kappa shape index (κ1) is 15.6. The largest absolute Gasteiger partial charge is 0.475 e. The summed E-state index contributed by atoms with van der Waals surface area (Å²) >= 11 is 2.05. The highest BCUT2D eigenvalue weighted by atomic mass is 32.2. The maximum atomic E-state index is 5.78. The summed E-state index contributed by atoms with van der Waals surface area (Å²) in [6.07, 6.45) is 3.23. The first-order valence-corrected chi connectivity index (χ1v) is 8.56. The van der Waals surface area contributed by atoms with Crippen LogP contribution in [0, 0.1) is 5.41 Å². The van der Waals surface area contributed by atoms with E-state index in [0.717, 1.165) is 18.0 Å². The van der Waals surface area contributed by atoms with E-state index in [-0.39, 0.29) is 6.10 Å². The Morgan fingerprint density at radius 1 is 1.50 bits per heavy atom. The van der Waals surface area contributed by atoms with E-state index >= 15 is 0 Å². The third kappa shape index (κ3) is 4.13. The van der Waals surface area contributed by atoms with E-state index in [1.807, 2.05) is 31.7 Å². The van der Waals surface area contributed by atoms with Crippen LogP contribution in [0.25, 0.3) is 0 Å². The van der Waals surface area contributed by atoms with Crippen LogP contribution in [0.4, 0.5) is 0 Å². The van der Waals surface area contributed by atoms with Crippen molar-refractivity contribution in [2.75, 3.05) is 11.5 Å². The van der Waals surface area contributed by atoms with Crippen LogP contribution in [0.2, 0.25) is 0 Å². The Bertz CT molecular complexity index is 434. The molecule has 112 valence electrons. The number of aromatic nitrogens is 1. The summed E-state index contributed by atoms with van der Waals surface area (Å²) in [4.78, 5) is 4.35. The molecule has 2 rings (SSSR count). The van der Waals surface area contributed by atoms with Gasteiger partial charge in [-0.1, -0.05) is 19.9 Å². The minimum absolute atomic E-state index is 0.158. The number of pyridine rings is 1. The van der Waals surface area contributed by atoms with E-state index < -0.39 is 0 Å². The molecule has 3 nitrogen and oxygen atoms in total. The second-order valence-corrected chi connectivity index (χ2v) is 7.53. The van der Waals surface area contributed by atoms with Gasteiger partial charge in [0.05, 0.1) is 6.10 Å². The topological polar surface area (TPSA) is 34.1 Å². The molecule has 20 heavy (non-hydrogen) atoms. The van der Waals surface area contributed by atoms with Crippen molar-refractivity contribution >= 4 is 11.8 Å². The van der Waals surface area contributed by atoms with E-state index in [1.165, 1.54) is 17.9 Å². The van der Waals surface area contributed by atoms with Crippen LogP contribution in [0.15, 0.2) is 18.3 Å². The zero-order valence-corrected chi connectivity index (χ0v) is 13.8. The third-order valence-electron chi connectivity index (χ3n) is 3.85. The van der Waals surface area contributed by atoms with Crippen LogP contribution in [-0.2, 0) is 6.54 Å². The van der Waals surface area contributed by atoms with Crippen molar-refractivity contribution < 1.29 is 4.74 Å². The molecule has 0 amide bonds. The fourth-order valence-corrected chi connectivity index (χ4v) is 4.03. The molecule has 0 aliphatic carbocycles. The van der Waals surface area contributed by atoms with Gasteiger partial charge in [0.25, 0.3) is 0 Å². The van der Waals surface area contributed by atoms with Gasteiger partial charge in [-0.3, -0.25) is 0 Å². The number of rotatable bonds is 5. The molecular weight excluding hydrogens is 268 g/mol. The highest BCUT2D eigenvalue weighted by Gasteiger charge is 2.32. The van der Waals surface area contributed by atoms with Crippen LogP contribution >= 0.6 is 11.8 Å². The highest BCUT2D eigenvalue weighted by Crippen LogP contribution is 2.34. The smallest absolute Gasteiger partial charge is 0.218 e. The van der Waals surface area contributed by atoms with Crippen molar-refractivity contribution in [3.63, 3.8) is 0 Å². The molecule has 1 unspecified atom stereocenters. The lowest BCUT2D eigenvalue weighted by Gasteiger charge is -2.39. The van der Waals surface area contributed by atoms with E-state index in [4.69, 9.17) is 4.74 Å². The molecule has 1 fully saturated rings. The van der Waals surface area contributed by atoms with Gasteiger partial charge in [-0.25, -0.2) is 4.98 Å². The van der Waals surface area contributed by atoms with E-state index in [2.05, 4.69) is 30.2 Å². The quantitative estimate of drug-likeness (QED) is 0.901. The van der Waals surface area contributed by atoms with Gasteiger partial charge < -0.3 is 10.1 Å². The summed E-state index contributed by atoms with van der Waals surface area (Å²) in [5.41, 5.74) is 1.51. The second-order valence-electron chi connectivity index (χ2n) is 6.38. The fraction of sp³-hybridized carbons (Fsp3) is 0.688. The van der Waals surface area contributed by atoms with Gasteiger partial charge >= 0.3 is 0 Å². The molecule has 0 spiro atoms. The molecule has 0 aromatic carbocycles. The van der Waals surface area contributed by atoms with Crippen LogP contribution in [-0.4, -0.2) is 28.6 Å². The molecule has 1 aromatic rings. The number of ether oxygens (including phenoxy) is 1. The normalized spacial score (nSPS) is 21.9. The molecule has 0 radical (unpaired) electrons. The zero-order chi connectivity index (χ0) is 14.6. The summed E-state index contributed by atoms with van der Waals surface area (Å²) in [5.74, 6) is 3.23. The summed E-state index contributed by atoms with van der Waals surface area (Å²) in [5, 5.41) is 3.70. The Balaban J connectivity index is 2.00. The Morgan fingerprint density at radius 3 is 3.00 bits per heavy atom. The number of nitrogens with one attached hydrogen (secondary N) is 1. The molecule has 4 heteroatoms. The third-order valence-corrected chi connectivity index (χ3v) is 4.92. The van der Waals surface area contributed by atoms with Gasteiger partial charge in [0, 0.05) is 30.1 Å². The average Bonchev–Trinajstić information content (AvgIpc) is 2.38.